The summed E-state index contributed by atoms with van der Waals surface area (Å²) in [5, 5.41) is 9.04. The molecule has 2 nitrogen and oxygen atoms in total. The number of carboxylic acid groups (broad SMARTS) is 1. The molecular formula is C14H20O2. The molecule has 0 aliphatic rings. The molecule has 0 spiro atoms. The van der Waals surface area contributed by atoms with Crippen LogP contribution in [0.15, 0.2) is 24.3 Å². The summed E-state index contributed by atoms with van der Waals surface area (Å²) < 4.78 is 0. The van der Waals surface area contributed by atoms with Gasteiger partial charge in [0.25, 0.3) is 0 Å². The monoisotopic (exact) mass is 220 g/mol. The second-order valence-electron chi connectivity index (χ2n) is 4.64. The minimum Gasteiger partial charge on any atom is -0.481 e. The number of aliphatic carboxylic acids is 1. The van der Waals surface area contributed by atoms with E-state index in [9.17, 15) is 4.79 Å². The van der Waals surface area contributed by atoms with Gasteiger partial charge in [-0.15, -0.1) is 0 Å². The van der Waals surface area contributed by atoms with Gasteiger partial charge < -0.3 is 5.11 Å². The first-order valence-electron chi connectivity index (χ1n) is 5.86. The summed E-state index contributed by atoms with van der Waals surface area (Å²) in [5.41, 5.74) is 2.18. The van der Waals surface area contributed by atoms with Crippen molar-refractivity contribution in [1.82, 2.24) is 0 Å². The van der Waals surface area contributed by atoms with Crippen LogP contribution < -0.4 is 0 Å². The van der Waals surface area contributed by atoms with E-state index in [1.807, 2.05) is 31.2 Å². The summed E-state index contributed by atoms with van der Waals surface area (Å²) in [6.45, 7) is 6.26. The number of benzene rings is 1. The van der Waals surface area contributed by atoms with Crippen molar-refractivity contribution in [3.8, 4) is 0 Å². The van der Waals surface area contributed by atoms with Gasteiger partial charge in [-0.2, -0.15) is 0 Å². The van der Waals surface area contributed by atoms with Crippen LogP contribution in [0, 0.1) is 5.92 Å². The molecule has 88 valence electrons. The highest BCUT2D eigenvalue weighted by Crippen LogP contribution is 2.20. The van der Waals surface area contributed by atoms with E-state index in [2.05, 4.69) is 13.8 Å². The molecule has 0 aromatic heterocycles. The van der Waals surface area contributed by atoms with E-state index >= 15 is 0 Å². The van der Waals surface area contributed by atoms with Crippen molar-refractivity contribution in [1.29, 1.82) is 0 Å². The van der Waals surface area contributed by atoms with Crippen LogP contribution in [0.4, 0.5) is 0 Å². The van der Waals surface area contributed by atoms with Crippen molar-refractivity contribution in [2.45, 2.75) is 39.5 Å². The average Bonchev–Trinajstić information content (AvgIpc) is 2.20. The van der Waals surface area contributed by atoms with E-state index in [1.54, 1.807) is 0 Å². The standard InChI is InChI=1S/C14H20O2/c1-4-13(14(15)16)12-7-5-11(6-8-12)9-10(2)3/h5-8,10,13H,4,9H2,1-3H3,(H,15,16)/t13-/m1/s1. The van der Waals surface area contributed by atoms with Gasteiger partial charge in [0.2, 0.25) is 0 Å². The van der Waals surface area contributed by atoms with Crippen LogP contribution in [0.1, 0.15) is 44.2 Å². The molecule has 0 aliphatic carbocycles. The molecule has 0 radical (unpaired) electrons. The summed E-state index contributed by atoms with van der Waals surface area (Å²) in [4.78, 5) is 11.0. The number of rotatable bonds is 5. The maximum absolute atomic E-state index is 11.0. The highest BCUT2D eigenvalue weighted by atomic mass is 16.4. The highest BCUT2D eigenvalue weighted by molar-refractivity contribution is 5.75. The fraction of sp³-hybridized carbons (Fsp3) is 0.500. The van der Waals surface area contributed by atoms with Crippen LogP contribution in [-0.2, 0) is 11.2 Å². The van der Waals surface area contributed by atoms with E-state index in [1.165, 1.54) is 5.56 Å². The zero-order chi connectivity index (χ0) is 12.1. The average molecular weight is 220 g/mol. The van der Waals surface area contributed by atoms with Crippen molar-refractivity contribution in [3.05, 3.63) is 35.4 Å². The van der Waals surface area contributed by atoms with Gasteiger partial charge in [-0.3, -0.25) is 4.79 Å². The van der Waals surface area contributed by atoms with E-state index in [0.717, 1.165) is 12.0 Å². The molecule has 16 heavy (non-hydrogen) atoms. The Hall–Kier alpha value is -1.31. The summed E-state index contributed by atoms with van der Waals surface area (Å²) in [5.74, 6) is -0.473. The summed E-state index contributed by atoms with van der Waals surface area (Å²) in [6, 6.07) is 7.97. The number of carbonyl (C=O) groups is 1. The van der Waals surface area contributed by atoms with Crippen LogP contribution >= 0.6 is 0 Å². The van der Waals surface area contributed by atoms with Gasteiger partial charge in [0, 0.05) is 0 Å². The van der Waals surface area contributed by atoms with Crippen molar-refractivity contribution < 1.29 is 9.90 Å². The summed E-state index contributed by atoms with van der Waals surface area (Å²) in [6.07, 6.45) is 1.68. The predicted molar refractivity (Wildman–Crippen MR) is 65.7 cm³/mol. The third-order valence-corrected chi connectivity index (χ3v) is 2.73. The van der Waals surface area contributed by atoms with Crippen LogP contribution in [-0.4, -0.2) is 11.1 Å². The normalized spacial score (nSPS) is 12.8. The molecule has 1 N–H and O–H groups in total. The first-order chi connectivity index (χ1) is 7.54. The smallest absolute Gasteiger partial charge is 0.310 e. The Bertz CT molecular complexity index is 338. The third-order valence-electron chi connectivity index (χ3n) is 2.73. The lowest BCUT2D eigenvalue weighted by atomic mass is 9.94. The van der Waals surface area contributed by atoms with Gasteiger partial charge in [0.05, 0.1) is 5.92 Å². The zero-order valence-electron chi connectivity index (χ0n) is 10.2. The minimum atomic E-state index is -0.737. The summed E-state index contributed by atoms with van der Waals surface area (Å²) in [7, 11) is 0. The van der Waals surface area contributed by atoms with Gasteiger partial charge in [-0.05, 0) is 29.9 Å². The molecule has 1 aromatic rings. The van der Waals surface area contributed by atoms with Gasteiger partial charge >= 0.3 is 5.97 Å². The number of hydrogen-bond acceptors (Lipinski definition) is 1. The topological polar surface area (TPSA) is 37.3 Å². The Morgan fingerprint density at radius 3 is 2.19 bits per heavy atom. The molecule has 1 rings (SSSR count). The van der Waals surface area contributed by atoms with Crippen molar-refractivity contribution in [3.63, 3.8) is 0 Å². The Kier molecular flexibility index (Phi) is 4.53. The Labute approximate surface area is 97.3 Å². The third kappa shape index (κ3) is 3.37. The lowest BCUT2D eigenvalue weighted by Gasteiger charge is -2.11. The fourth-order valence-electron chi connectivity index (χ4n) is 1.91. The first-order valence-corrected chi connectivity index (χ1v) is 5.86. The largest absolute Gasteiger partial charge is 0.481 e. The Morgan fingerprint density at radius 2 is 1.81 bits per heavy atom. The minimum absolute atomic E-state index is 0.368. The summed E-state index contributed by atoms with van der Waals surface area (Å²) >= 11 is 0. The maximum atomic E-state index is 11.0. The molecule has 0 aliphatic heterocycles. The molecule has 0 saturated carbocycles. The van der Waals surface area contributed by atoms with E-state index in [-0.39, 0.29) is 5.92 Å². The molecule has 0 bridgehead atoms. The Balaban J connectivity index is 2.81. The molecule has 2 heteroatoms. The SMILES string of the molecule is CC[C@@H](C(=O)O)c1ccc(CC(C)C)cc1. The van der Waals surface area contributed by atoms with Crippen molar-refractivity contribution >= 4 is 5.97 Å². The maximum Gasteiger partial charge on any atom is 0.310 e. The zero-order valence-corrected chi connectivity index (χ0v) is 10.2. The molecule has 0 amide bonds. The van der Waals surface area contributed by atoms with Gasteiger partial charge in [-0.1, -0.05) is 45.0 Å². The lowest BCUT2D eigenvalue weighted by molar-refractivity contribution is -0.138. The van der Waals surface area contributed by atoms with E-state index < -0.39 is 5.97 Å². The van der Waals surface area contributed by atoms with Gasteiger partial charge in [-0.25, -0.2) is 0 Å². The molecule has 0 unspecified atom stereocenters. The van der Waals surface area contributed by atoms with Crippen LogP contribution in [0.5, 0.6) is 0 Å². The van der Waals surface area contributed by atoms with Crippen LogP contribution in [0.3, 0.4) is 0 Å². The second kappa shape index (κ2) is 5.69. The second-order valence-corrected chi connectivity index (χ2v) is 4.64. The van der Waals surface area contributed by atoms with Crippen LogP contribution in [0.25, 0.3) is 0 Å². The molecule has 1 atom stereocenters. The molecule has 1 aromatic carbocycles. The number of hydrogen-bond donors (Lipinski definition) is 1. The lowest BCUT2D eigenvalue weighted by Crippen LogP contribution is -2.10. The van der Waals surface area contributed by atoms with Gasteiger partial charge in [0.15, 0.2) is 0 Å². The molecular weight excluding hydrogens is 200 g/mol. The van der Waals surface area contributed by atoms with Crippen molar-refractivity contribution in [2.24, 2.45) is 5.92 Å². The van der Waals surface area contributed by atoms with Crippen LogP contribution in [0.2, 0.25) is 0 Å². The van der Waals surface area contributed by atoms with Gasteiger partial charge in [0.1, 0.15) is 0 Å². The van der Waals surface area contributed by atoms with E-state index in [4.69, 9.17) is 5.11 Å². The first kappa shape index (κ1) is 12.8. The quantitative estimate of drug-likeness (QED) is 0.825. The van der Waals surface area contributed by atoms with Crippen molar-refractivity contribution in [2.75, 3.05) is 0 Å². The molecule has 0 heterocycles. The Morgan fingerprint density at radius 1 is 1.25 bits per heavy atom. The number of carboxylic acids is 1. The molecule has 0 saturated heterocycles. The molecule has 0 fully saturated rings. The highest BCUT2D eigenvalue weighted by Gasteiger charge is 2.16. The van der Waals surface area contributed by atoms with E-state index in [0.29, 0.717) is 12.3 Å². The fourth-order valence-corrected chi connectivity index (χ4v) is 1.91. The predicted octanol–water partition coefficient (Wildman–Crippen LogP) is 3.46.